The van der Waals surface area contributed by atoms with E-state index in [1.165, 1.54) is 67.3 Å². The molecule has 1 aliphatic heterocycles. The van der Waals surface area contributed by atoms with Crippen LogP contribution in [0.1, 0.15) is 99.8 Å². The molecule has 0 radical (unpaired) electrons. The smallest absolute Gasteiger partial charge is 0.253 e. The average Bonchev–Trinajstić information content (AvgIpc) is 3.45. The van der Waals surface area contributed by atoms with E-state index in [-0.39, 0.29) is 11.3 Å². The molecule has 34 heavy (non-hydrogen) atoms. The Morgan fingerprint density at radius 2 is 1.79 bits per heavy atom. The summed E-state index contributed by atoms with van der Waals surface area (Å²) in [5, 5.41) is 3.28. The molecule has 3 fully saturated rings. The molecule has 2 heterocycles. The van der Waals surface area contributed by atoms with Crippen molar-refractivity contribution < 1.29 is 4.79 Å². The highest BCUT2D eigenvalue weighted by Gasteiger charge is 2.40. The predicted molar refractivity (Wildman–Crippen MR) is 145 cm³/mol. The number of nitrogens with one attached hydrogen (secondary N) is 1. The van der Waals surface area contributed by atoms with Crippen LogP contribution in [0.15, 0.2) is 24.3 Å². The third-order valence-electron chi connectivity index (χ3n) is 8.54. The first kappa shape index (κ1) is 24.0. The number of rotatable bonds is 6. The second kappa shape index (κ2) is 9.08. The van der Waals surface area contributed by atoms with Gasteiger partial charge in [0.2, 0.25) is 0 Å². The fourth-order valence-electron chi connectivity index (χ4n) is 5.59. The lowest BCUT2D eigenvalue weighted by Gasteiger charge is -2.26. The molecular formula is C30H42N2OS. The summed E-state index contributed by atoms with van der Waals surface area (Å²) in [7, 11) is 0. The molecule has 1 N–H and O–H groups in total. The molecule has 4 heteroatoms. The lowest BCUT2D eigenvalue weighted by molar-refractivity contribution is 0.0942. The van der Waals surface area contributed by atoms with E-state index in [1.807, 2.05) is 11.8 Å². The van der Waals surface area contributed by atoms with Crippen LogP contribution in [-0.4, -0.2) is 28.0 Å². The fourth-order valence-corrected chi connectivity index (χ4v) is 6.23. The van der Waals surface area contributed by atoms with Crippen LogP contribution in [0, 0.1) is 12.8 Å². The molecule has 1 aromatic carbocycles. The summed E-state index contributed by atoms with van der Waals surface area (Å²) in [5.41, 5.74) is 7.78. The topological polar surface area (TPSA) is 34.0 Å². The molecule has 5 rings (SSSR count). The van der Waals surface area contributed by atoms with E-state index >= 15 is 0 Å². The summed E-state index contributed by atoms with van der Waals surface area (Å²) in [4.78, 5) is 13.3. The van der Waals surface area contributed by atoms with Gasteiger partial charge < -0.3 is 9.88 Å². The van der Waals surface area contributed by atoms with Crippen molar-refractivity contribution in [1.29, 1.82) is 0 Å². The van der Waals surface area contributed by atoms with Gasteiger partial charge in [-0.2, -0.15) is 11.8 Å². The van der Waals surface area contributed by atoms with Gasteiger partial charge in [0.15, 0.2) is 0 Å². The minimum Gasteiger partial charge on any atom is -0.348 e. The SMILES string of the molecule is Cc1c(C(=O)NC2CSC2)cc(-c2cc(C(C)(C)C)cc(C3(C)CC3)c2)n1CC1CCCCC1. The van der Waals surface area contributed by atoms with Gasteiger partial charge in [-0.1, -0.05) is 53.0 Å². The standard InChI is InChI=1S/C30H42N2OS/c1-20-26(28(33)31-25-18-34-19-25)16-27(32(20)17-21-9-7-6-8-10-21)22-13-23(29(2,3)4)15-24(14-22)30(5)11-12-30/h13-16,21,25H,6-12,17-19H2,1-5H3,(H,31,33). The van der Waals surface area contributed by atoms with Crippen molar-refractivity contribution in [3.8, 4) is 11.3 Å². The molecule has 0 spiro atoms. The zero-order chi connectivity index (χ0) is 24.1. The zero-order valence-corrected chi connectivity index (χ0v) is 22.6. The first-order chi connectivity index (χ1) is 16.1. The van der Waals surface area contributed by atoms with Crippen molar-refractivity contribution >= 4 is 17.7 Å². The van der Waals surface area contributed by atoms with Crippen LogP contribution < -0.4 is 5.32 Å². The van der Waals surface area contributed by atoms with E-state index in [0.29, 0.717) is 17.4 Å². The van der Waals surface area contributed by atoms with Crippen LogP contribution in [0.25, 0.3) is 11.3 Å². The van der Waals surface area contributed by atoms with Crippen molar-refractivity contribution in [1.82, 2.24) is 9.88 Å². The summed E-state index contributed by atoms with van der Waals surface area (Å²) in [6, 6.07) is 9.79. The molecule has 2 saturated carbocycles. The van der Waals surface area contributed by atoms with E-state index < -0.39 is 0 Å². The normalized spacial score (nSPS) is 20.7. The monoisotopic (exact) mass is 478 g/mol. The lowest BCUT2D eigenvalue weighted by atomic mass is 9.82. The van der Waals surface area contributed by atoms with Gasteiger partial charge in [-0.3, -0.25) is 4.79 Å². The highest BCUT2D eigenvalue weighted by Crippen LogP contribution is 2.49. The Morgan fingerprint density at radius 3 is 2.38 bits per heavy atom. The van der Waals surface area contributed by atoms with Crippen LogP contribution in [-0.2, 0) is 17.4 Å². The quantitative estimate of drug-likeness (QED) is 0.475. The Hall–Kier alpha value is -1.68. The highest BCUT2D eigenvalue weighted by atomic mass is 32.2. The second-order valence-electron chi connectivity index (χ2n) is 12.5. The van der Waals surface area contributed by atoms with Crippen LogP contribution >= 0.6 is 11.8 Å². The van der Waals surface area contributed by atoms with E-state index in [9.17, 15) is 4.79 Å². The third kappa shape index (κ3) is 4.85. The molecule has 3 aliphatic rings. The van der Waals surface area contributed by atoms with Gasteiger partial charge in [0, 0.05) is 35.5 Å². The summed E-state index contributed by atoms with van der Waals surface area (Å²) < 4.78 is 2.49. The number of carbonyl (C=O) groups excluding carboxylic acids is 1. The van der Waals surface area contributed by atoms with E-state index in [1.54, 1.807) is 0 Å². The minimum absolute atomic E-state index is 0.0912. The van der Waals surface area contributed by atoms with Crippen molar-refractivity contribution in [3.05, 3.63) is 46.6 Å². The zero-order valence-electron chi connectivity index (χ0n) is 21.8. The van der Waals surface area contributed by atoms with Gasteiger partial charge >= 0.3 is 0 Å². The number of hydrogen-bond donors (Lipinski definition) is 1. The van der Waals surface area contributed by atoms with E-state index in [4.69, 9.17) is 0 Å². The third-order valence-corrected chi connectivity index (χ3v) is 9.82. The molecule has 0 unspecified atom stereocenters. The highest BCUT2D eigenvalue weighted by molar-refractivity contribution is 8.00. The van der Waals surface area contributed by atoms with Crippen LogP contribution in [0.2, 0.25) is 0 Å². The number of hydrogen-bond acceptors (Lipinski definition) is 2. The number of nitrogens with zero attached hydrogens (tertiary/aromatic N) is 1. The fraction of sp³-hybridized carbons (Fsp3) is 0.633. The van der Waals surface area contributed by atoms with Gasteiger partial charge in [0.1, 0.15) is 0 Å². The van der Waals surface area contributed by atoms with Crippen molar-refractivity contribution in [2.45, 2.75) is 103 Å². The number of thioether (sulfide) groups is 1. The van der Waals surface area contributed by atoms with Crippen molar-refractivity contribution in [3.63, 3.8) is 0 Å². The molecular weight excluding hydrogens is 436 g/mol. The summed E-state index contributed by atoms with van der Waals surface area (Å²) >= 11 is 1.91. The van der Waals surface area contributed by atoms with E-state index in [0.717, 1.165) is 29.3 Å². The van der Waals surface area contributed by atoms with Gasteiger partial charge in [0.05, 0.1) is 5.56 Å². The predicted octanol–water partition coefficient (Wildman–Crippen LogP) is 7.24. The molecule has 184 valence electrons. The molecule has 1 amide bonds. The Morgan fingerprint density at radius 1 is 1.09 bits per heavy atom. The summed E-state index contributed by atoms with van der Waals surface area (Å²) in [5.74, 6) is 2.89. The van der Waals surface area contributed by atoms with Gasteiger partial charge in [-0.25, -0.2) is 0 Å². The molecule has 1 aromatic heterocycles. The number of amides is 1. The maximum Gasteiger partial charge on any atom is 0.253 e. The largest absolute Gasteiger partial charge is 0.348 e. The van der Waals surface area contributed by atoms with Crippen LogP contribution in [0.4, 0.5) is 0 Å². The van der Waals surface area contributed by atoms with Gasteiger partial charge in [-0.05, 0) is 84.2 Å². The summed E-state index contributed by atoms with van der Waals surface area (Å²) in [6.45, 7) is 12.5. The average molecular weight is 479 g/mol. The van der Waals surface area contributed by atoms with Gasteiger partial charge in [-0.15, -0.1) is 0 Å². The number of benzene rings is 1. The Bertz CT molecular complexity index is 1040. The number of aromatic nitrogens is 1. The molecule has 0 bridgehead atoms. The summed E-state index contributed by atoms with van der Waals surface area (Å²) in [6.07, 6.45) is 9.22. The van der Waals surface area contributed by atoms with Crippen molar-refractivity contribution in [2.24, 2.45) is 5.92 Å². The molecule has 0 atom stereocenters. The lowest BCUT2D eigenvalue weighted by Crippen LogP contribution is -2.43. The first-order valence-electron chi connectivity index (χ1n) is 13.4. The molecule has 2 aromatic rings. The molecule has 1 saturated heterocycles. The number of carbonyl (C=O) groups is 1. The Kier molecular flexibility index (Phi) is 6.42. The van der Waals surface area contributed by atoms with E-state index in [2.05, 4.69) is 68.8 Å². The Labute approximate surface area is 210 Å². The second-order valence-corrected chi connectivity index (χ2v) is 13.5. The van der Waals surface area contributed by atoms with Crippen LogP contribution in [0.3, 0.4) is 0 Å². The van der Waals surface area contributed by atoms with Crippen molar-refractivity contribution in [2.75, 3.05) is 11.5 Å². The maximum absolute atomic E-state index is 13.3. The first-order valence-corrected chi connectivity index (χ1v) is 14.5. The minimum atomic E-state index is 0.0912. The maximum atomic E-state index is 13.3. The molecule has 3 nitrogen and oxygen atoms in total. The van der Waals surface area contributed by atoms with Crippen LogP contribution in [0.5, 0.6) is 0 Å². The Balaban J connectivity index is 1.58. The molecule has 2 aliphatic carbocycles. The van der Waals surface area contributed by atoms with Gasteiger partial charge in [0.25, 0.3) is 5.91 Å².